The molecule has 0 bridgehead atoms. The standard InChI is InChI=1S/C17H16ClN5O3/c1-11(4-13-8-19-2-3-21-13)22-17(24)16-6-15(26-23-16)10-25-14-5-12(18)7-20-9-14/h2-3,5-9,11H,4,10H2,1H3,(H,22,24)/t11-/m1/s1. The number of nitrogens with zero attached hydrogens (tertiary/aromatic N) is 4. The largest absolute Gasteiger partial charge is 0.484 e. The van der Waals surface area contributed by atoms with Crippen molar-refractivity contribution >= 4 is 17.5 Å². The number of hydrogen-bond acceptors (Lipinski definition) is 7. The van der Waals surface area contributed by atoms with Gasteiger partial charge in [-0.15, -0.1) is 0 Å². The highest BCUT2D eigenvalue weighted by atomic mass is 35.5. The van der Waals surface area contributed by atoms with E-state index in [9.17, 15) is 4.79 Å². The molecule has 0 radical (unpaired) electrons. The van der Waals surface area contributed by atoms with E-state index in [4.69, 9.17) is 20.9 Å². The normalized spacial score (nSPS) is 11.8. The molecule has 3 heterocycles. The van der Waals surface area contributed by atoms with Gasteiger partial charge in [-0.3, -0.25) is 19.7 Å². The molecule has 0 unspecified atom stereocenters. The Morgan fingerprint density at radius 3 is 2.92 bits per heavy atom. The van der Waals surface area contributed by atoms with Gasteiger partial charge in [-0.1, -0.05) is 16.8 Å². The van der Waals surface area contributed by atoms with E-state index >= 15 is 0 Å². The number of ether oxygens (including phenoxy) is 1. The minimum atomic E-state index is -0.333. The third-order valence-corrected chi connectivity index (χ3v) is 3.57. The Balaban J connectivity index is 1.52. The first-order valence-corrected chi connectivity index (χ1v) is 8.22. The van der Waals surface area contributed by atoms with Crippen LogP contribution in [-0.2, 0) is 13.0 Å². The summed E-state index contributed by atoms with van der Waals surface area (Å²) in [6.45, 7) is 1.99. The molecule has 0 fully saturated rings. The minimum absolute atomic E-state index is 0.109. The smallest absolute Gasteiger partial charge is 0.273 e. The van der Waals surface area contributed by atoms with E-state index in [1.54, 1.807) is 24.7 Å². The number of halogens is 1. The molecule has 0 aliphatic rings. The Morgan fingerprint density at radius 1 is 1.27 bits per heavy atom. The number of pyridine rings is 1. The third-order valence-electron chi connectivity index (χ3n) is 3.36. The first-order chi connectivity index (χ1) is 12.6. The molecule has 0 spiro atoms. The predicted octanol–water partition coefficient (Wildman–Crippen LogP) is 2.45. The number of hydrogen-bond donors (Lipinski definition) is 1. The number of carbonyl (C=O) groups is 1. The summed E-state index contributed by atoms with van der Waals surface area (Å²) in [5.74, 6) is 0.579. The Kier molecular flexibility index (Phi) is 5.75. The molecule has 8 nitrogen and oxygen atoms in total. The molecule has 1 N–H and O–H groups in total. The maximum absolute atomic E-state index is 12.2. The molecule has 0 aromatic carbocycles. The minimum Gasteiger partial charge on any atom is -0.484 e. The van der Waals surface area contributed by atoms with Crippen molar-refractivity contribution in [2.75, 3.05) is 0 Å². The summed E-state index contributed by atoms with van der Waals surface area (Å²) in [5.41, 5.74) is 0.975. The fourth-order valence-corrected chi connectivity index (χ4v) is 2.38. The molecule has 3 aromatic rings. The highest BCUT2D eigenvalue weighted by Gasteiger charge is 2.16. The van der Waals surface area contributed by atoms with E-state index in [-0.39, 0.29) is 24.2 Å². The molecule has 9 heteroatoms. The summed E-state index contributed by atoms with van der Waals surface area (Å²) in [5, 5.41) is 7.08. The van der Waals surface area contributed by atoms with E-state index in [0.717, 1.165) is 5.69 Å². The van der Waals surface area contributed by atoms with Gasteiger partial charge in [0, 0.05) is 49.4 Å². The van der Waals surface area contributed by atoms with Crippen LogP contribution >= 0.6 is 11.6 Å². The maximum Gasteiger partial charge on any atom is 0.273 e. The molecule has 0 aliphatic heterocycles. The summed E-state index contributed by atoms with van der Waals surface area (Å²) in [6, 6.07) is 3.03. The highest BCUT2D eigenvalue weighted by Crippen LogP contribution is 2.17. The summed E-state index contributed by atoms with van der Waals surface area (Å²) < 4.78 is 10.6. The molecule has 3 rings (SSSR count). The van der Waals surface area contributed by atoms with Gasteiger partial charge in [-0.2, -0.15) is 0 Å². The van der Waals surface area contributed by atoms with E-state index in [1.165, 1.54) is 18.5 Å². The van der Waals surface area contributed by atoms with E-state index in [2.05, 4.69) is 25.4 Å². The van der Waals surface area contributed by atoms with Crippen LogP contribution in [0.2, 0.25) is 5.02 Å². The molecule has 26 heavy (non-hydrogen) atoms. The molecule has 1 amide bonds. The Hall–Kier alpha value is -3.00. The Bertz CT molecular complexity index is 872. The van der Waals surface area contributed by atoms with Crippen molar-refractivity contribution in [3.8, 4) is 5.75 Å². The van der Waals surface area contributed by atoms with Crippen LogP contribution in [0.4, 0.5) is 0 Å². The van der Waals surface area contributed by atoms with Gasteiger partial charge in [0.2, 0.25) is 0 Å². The van der Waals surface area contributed by atoms with Crippen molar-refractivity contribution in [3.63, 3.8) is 0 Å². The zero-order valence-corrected chi connectivity index (χ0v) is 14.7. The number of nitrogens with one attached hydrogen (secondary N) is 1. The summed E-state index contributed by atoms with van der Waals surface area (Å²) in [4.78, 5) is 24.3. The second kappa shape index (κ2) is 8.39. The predicted molar refractivity (Wildman–Crippen MR) is 92.7 cm³/mol. The topological polar surface area (TPSA) is 103 Å². The monoisotopic (exact) mass is 373 g/mol. The first kappa shape index (κ1) is 17.8. The Morgan fingerprint density at radius 2 is 2.15 bits per heavy atom. The molecular formula is C17H16ClN5O3. The molecule has 134 valence electrons. The van der Waals surface area contributed by atoms with Crippen LogP contribution < -0.4 is 10.1 Å². The van der Waals surface area contributed by atoms with Crippen molar-refractivity contribution in [3.05, 3.63) is 65.3 Å². The number of carbonyl (C=O) groups excluding carboxylic acids is 1. The van der Waals surface area contributed by atoms with Crippen molar-refractivity contribution in [2.45, 2.75) is 26.0 Å². The van der Waals surface area contributed by atoms with Crippen LogP contribution in [0.1, 0.15) is 28.9 Å². The third kappa shape index (κ3) is 5.00. The van der Waals surface area contributed by atoms with Crippen LogP contribution in [-0.4, -0.2) is 32.1 Å². The lowest BCUT2D eigenvalue weighted by atomic mass is 10.2. The highest BCUT2D eigenvalue weighted by molar-refractivity contribution is 6.30. The van der Waals surface area contributed by atoms with Crippen LogP contribution in [0.3, 0.4) is 0 Å². The first-order valence-electron chi connectivity index (χ1n) is 7.85. The van der Waals surface area contributed by atoms with Gasteiger partial charge in [-0.25, -0.2) is 0 Å². The molecule has 0 saturated heterocycles. The average Bonchev–Trinajstić information content (AvgIpc) is 3.10. The fourth-order valence-electron chi connectivity index (χ4n) is 2.21. The SMILES string of the molecule is C[C@H](Cc1cnccn1)NC(=O)c1cc(COc2cncc(Cl)c2)on1. The number of aromatic nitrogens is 4. The maximum atomic E-state index is 12.2. The molecule has 1 atom stereocenters. The summed E-state index contributed by atoms with van der Waals surface area (Å²) in [7, 11) is 0. The van der Waals surface area contributed by atoms with Gasteiger partial charge in [0.05, 0.1) is 16.9 Å². The van der Waals surface area contributed by atoms with Crippen molar-refractivity contribution < 1.29 is 14.1 Å². The number of amides is 1. The van der Waals surface area contributed by atoms with Gasteiger partial charge in [0.1, 0.15) is 12.4 Å². The lowest BCUT2D eigenvalue weighted by molar-refractivity contribution is 0.0930. The lowest BCUT2D eigenvalue weighted by Crippen LogP contribution is -2.34. The van der Waals surface area contributed by atoms with E-state index in [0.29, 0.717) is 23.0 Å². The van der Waals surface area contributed by atoms with Crippen LogP contribution in [0.15, 0.2) is 47.6 Å². The van der Waals surface area contributed by atoms with Gasteiger partial charge in [0.15, 0.2) is 11.5 Å². The molecule has 0 saturated carbocycles. The van der Waals surface area contributed by atoms with Crippen LogP contribution in [0.25, 0.3) is 0 Å². The Labute approximate surface area is 154 Å². The van der Waals surface area contributed by atoms with Gasteiger partial charge < -0.3 is 14.6 Å². The van der Waals surface area contributed by atoms with Gasteiger partial charge in [0.25, 0.3) is 5.91 Å². The van der Waals surface area contributed by atoms with Crippen molar-refractivity contribution in [2.24, 2.45) is 0 Å². The van der Waals surface area contributed by atoms with Gasteiger partial charge >= 0.3 is 0 Å². The second-order valence-corrected chi connectivity index (χ2v) is 6.02. The van der Waals surface area contributed by atoms with Crippen LogP contribution in [0.5, 0.6) is 5.75 Å². The fraction of sp³-hybridized carbons (Fsp3) is 0.235. The zero-order chi connectivity index (χ0) is 18.4. The molecule has 3 aromatic heterocycles. The van der Waals surface area contributed by atoms with Crippen molar-refractivity contribution in [1.29, 1.82) is 0 Å². The van der Waals surface area contributed by atoms with Crippen LogP contribution in [0, 0.1) is 0 Å². The van der Waals surface area contributed by atoms with E-state index in [1.807, 2.05) is 6.92 Å². The van der Waals surface area contributed by atoms with Crippen molar-refractivity contribution in [1.82, 2.24) is 25.4 Å². The average molecular weight is 374 g/mol. The summed E-state index contributed by atoms with van der Waals surface area (Å²) in [6.07, 6.45) is 8.49. The number of rotatable bonds is 7. The zero-order valence-electron chi connectivity index (χ0n) is 13.9. The summed E-state index contributed by atoms with van der Waals surface area (Å²) >= 11 is 5.84. The lowest BCUT2D eigenvalue weighted by Gasteiger charge is -2.11. The molecule has 0 aliphatic carbocycles. The quantitative estimate of drug-likeness (QED) is 0.678. The second-order valence-electron chi connectivity index (χ2n) is 5.58. The van der Waals surface area contributed by atoms with Gasteiger partial charge in [-0.05, 0) is 6.92 Å². The molecular weight excluding hydrogens is 358 g/mol. The van der Waals surface area contributed by atoms with E-state index < -0.39 is 0 Å².